The first-order chi connectivity index (χ1) is 8.90. The van der Waals surface area contributed by atoms with Crippen LogP contribution >= 0.6 is 0 Å². The number of hydrogen-bond donors (Lipinski definition) is 0. The third-order valence-corrected chi connectivity index (χ3v) is 3.09. The third-order valence-electron chi connectivity index (χ3n) is 3.09. The number of carbonyl (C=O) groups excluding carboxylic acids is 1. The van der Waals surface area contributed by atoms with Crippen LogP contribution in [0.1, 0.15) is 32.6 Å². The van der Waals surface area contributed by atoms with E-state index in [1.165, 1.54) is 18.2 Å². The van der Waals surface area contributed by atoms with Gasteiger partial charge < -0.3 is 0 Å². The number of aryl methyl sites for hydroxylation is 3. The van der Waals surface area contributed by atoms with Crippen molar-refractivity contribution in [1.82, 2.24) is 0 Å². The molecule has 0 aliphatic heterocycles. The highest BCUT2D eigenvalue weighted by molar-refractivity contribution is 6.10. The van der Waals surface area contributed by atoms with Gasteiger partial charge in [0.2, 0.25) is 0 Å². The number of benzene rings is 2. The van der Waals surface area contributed by atoms with Crippen LogP contribution in [0.15, 0.2) is 30.3 Å². The van der Waals surface area contributed by atoms with Crippen LogP contribution in [0.5, 0.6) is 0 Å². The Kier molecular flexibility index (Phi) is 3.47. The van der Waals surface area contributed by atoms with Crippen molar-refractivity contribution >= 4 is 5.78 Å². The van der Waals surface area contributed by atoms with Crippen LogP contribution in [-0.2, 0) is 0 Å². The Morgan fingerprint density at radius 2 is 1.58 bits per heavy atom. The Morgan fingerprint density at radius 1 is 0.895 bits per heavy atom. The highest BCUT2D eigenvalue weighted by Gasteiger charge is 2.18. The fourth-order valence-electron chi connectivity index (χ4n) is 2.08. The molecule has 0 bridgehead atoms. The second-order valence-electron chi connectivity index (χ2n) is 4.73. The van der Waals surface area contributed by atoms with E-state index in [2.05, 4.69) is 0 Å². The van der Waals surface area contributed by atoms with E-state index < -0.39 is 17.4 Å². The number of halogens is 2. The van der Waals surface area contributed by atoms with Gasteiger partial charge in [-0.2, -0.15) is 0 Å². The molecular weight excluding hydrogens is 246 g/mol. The summed E-state index contributed by atoms with van der Waals surface area (Å²) in [4.78, 5) is 12.3. The van der Waals surface area contributed by atoms with Crippen LogP contribution in [0.25, 0.3) is 0 Å². The first-order valence-electron chi connectivity index (χ1n) is 5.97. The van der Waals surface area contributed by atoms with Crippen LogP contribution in [-0.4, -0.2) is 5.78 Å². The third kappa shape index (κ3) is 2.55. The molecule has 0 unspecified atom stereocenters. The fraction of sp³-hybridized carbons (Fsp3) is 0.188. The highest BCUT2D eigenvalue weighted by Crippen LogP contribution is 2.20. The minimum Gasteiger partial charge on any atom is -0.288 e. The molecule has 0 fully saturated rings. The molecule has 0 aliphatic rings. The molecule has 2 aromatic rings. The summed E-state index contributed by atoms with van der Waals surface area (Å²) >= 11 is 0. The number of carbonyl (C=O) groups is 1. The van der Waals surface area contributed by atoms with Gasteiger partial charge >= 0.3 is 0 Å². The van der Waals surface area contributed by atoms with Crippen molar-refractivity contribution in [2.24, 2.45) is 0 Å². The number of ketones is 1. The lowest BCUT2D eigenvalue weighted by molar-refractivity contribution is 0.103. The maximum absolute atomic E-state index is 13.9. The Hall–Kier alpha value is -2.03. The van der Waals surface area contributed by atoms with Gasteiger partial charge in [-0.1, -0.05) is 18.2 Å². The van der Waals surface area contributed by atoms with E-state index in [0.717, 1.165) is 11.6 Å². The molecule has 2 aromatic carbocycles. The lowest BCUT2D eigenvalue weighted by atomic mass is 9.96. The molecule has 0 heterocycles. The molecule has 98 valence electrons. The SMILES string of the molecule is Cc1cc(C)c(C(=O)c2ccc(C)c(F)c2)c(F)c1. The number of hydrogen-bond acceptors (Lipinski definition) is 1. The van der Waals surface area contributed by atoms with Gasteiger partial charge in [0.05, 0.1) is 5.56 Å². The monoisotopic (exact) mass is 260 g/mol. The Balaban J connectivity index is 2.53. The standard InChI is InChI=1S/C16H14F2O/c1-9-6-11(3)15(14(18)7-9)16(19)12-5-4-10(2)13(17)8-12/h4-8H,1-3H3. The molecule has 0 atom stereocenters. The molecule has 19 heavy (non-hydrogen) atoms. The minimum absolute atomic E-state index is 0.00820. The van der Waals surface area contributed by atoms with Crippen molar-refractivity contribution in [3.05, 3.63) is 69.8 Å². The van der Waals surface area contributed by atoms with Gasteiger partial charge in [-0.3, -0.25) is 4.79 Å². The molecule has 1 nitrogen and oxygen atoms in total. The predicted octanol–water partition coefficient (Wildman–Crippen LogP) is 4.12. The summed E-state index contributed by atoms with van der Waals surface area (Å²) in [5.41, 5.74) is 1.94. The zero-order valence-electron chi connectivity index (χ0n) is 11.1. The van der Waals surface area contributed by atoms with E-state index >= 15 is 0 Å². The second-order valence-corrected chi connectivity index (χ2v) is 4.73. The van der Waals surface area contributed by atoms with Crippen LogP contribution < -0.4 is 0 Å². The molecule has 0 aromatic heterocycles. The van der Waals surface area contributed by atoms with Gasteiger partial charge in [0, 0.05) is 5.56 Å². The topological polar surface area (TPSA) is 17.1 Å². The van der Waals surface area contributed by atoms with Gasteiger partial charge in [-0.15, -0.1) is 0 Å². The smallest absolute Gasteiger partial charge is 0.196 e. The van der Waals surface area contributed by atoms with Crippen molar-refractivity contribution in [2.75, 3.05) is 0 Å². The van der Waals surface area contributed by atoms with Gasteiger partial charge in [-0.05, 0) is 49.6 Å². The first-order valence-corrected chi connectivity index (χ1v) is 5.97. The summed E-state index contributed by atoms with van der Waals surface area (Å²) in [6.07, 6.45) is 0. The fourth-order valence-corrected chi connectivity index (χ4v) is 2.08. The van der Waals surface area contributed by atoms with Crippen LogP contribution in [0.4, 0.5) is 8.78 Å². The molecule has 3 heteroatoms. The molecule has 0 saturated carbocycles. The lowest BCUT2D eigenvalue weighted by Crippen LogP contribution is -2.08. The van der Waals surface area contributed by atoms with E-state index in [4.69, 9.17) is 0 Å². The molecule has 0 radical (unpaired) electrons. The summed E-state index contributed by atoms with van der Waals surface area (Å²) in [5.74, 6) is -1.52. The van der Waals surface area contributed by atoms with Crippen molar-refractivity contribution in [3.63, 3.8) is 0 Å². The van der Waals surface area contributed by atoms with Crippen LogP contribution in [0.3, 0.4) is 0 Å². The second kappa shape index (κ2) is 4.92. The van der Waals surface area contributed by atoms with Gasteiger partial charge in [0.15, 0.2) is 5.78 Å². The zero-order valence-corrected chi connectivity index (χ0v) is 11.1. The van der Waals surface area contributed by atoms with Crippen LogP contribution in [0.2, 0.25) is 0 Å². The predicted molar refractivity (Wildman–Crippen MR) is 70.4 cm³/mol. The van der Waals surface area contributed by atoms with E-state index in [9.17, 15) is 13.6 Å². The summed E-state index contributed by atoms with van der Waals surface area (Å²) < 4.78 is 27.4. The summed E-state index contributed by atoms with van der Waals surface area (Å²) in [6.45, 7) is 5.05. The normalized spacial score (nSPS) is 10.6. The maximum Gasteiger partial charge on any atom is 0.196 e. The minimum atomic E-state index is -0.566. The first kappa shape index (κ1) is 13.4. The highest BCUT2D eigenvalue weighted by atomic mass is 19.1. The number of rotatable bonds is 2. The Labute approximate surface area is 110 Å². The quantitative estimate of drug-likeness (QED) is 0.742. The maximum atomic E-state index is 13.9. The lowest BCUT2D eigenvalue weighted by Gasteiger charge is -2.08. The molecule has 0 saturated heterocycles. The molecule has 0 N–H and O–H groups in total. The van der Waals surface area contributed by atoms with E-state index in [1.54, 1.807) is 26.8 Å². The van der Waals surface area contributed by atoms with Crippen molar-refractivity contribution in [3.8, 4) is 0 Å². The van der Waals surface area contributed by atoms with Crippen molar-refractivity contribution in [2.45, 2.75) is 20.8 Å². The van der Waals surface area contributed by atoms with Crippen molar-refractivity contribution < 1.29 is 13.6 Å². The van der Waals surface area contributed by atoms with E-state index in [1.807, 2.05) is 0 Å². The molecule has 2 rings (SSSR count). The van der Waals surface area contributed by atoms with Gasteiger partial charge in [0.1, 0.15) is 11.6 Å². The van der Waals surface area contributed by atoms with E-state index in [0.29, 0.717) is 11.1 Å². The van der Waals surface area contributed by atoms with Gasteiger partial charge in [0.25, 0.3) is 0 Å². The molecular formula is C16H14F2O. The summed E-state index contributed by atoms with van der Waals surface area (Å²) in [7, 11) is 0. The average molecular weight is 260 g/mol. The molecule has 0 amide bonds. The average Bonchev–Trinajstić information content (AvgIpc) is 2.31. The Morgan fingerprint density at radius 3 is 2.16 bits per heavy atom. The largest absolute Gasteiger partial charge is 0.288 e. The zero-order chi connectivity index (χ0) is 14.2. The van der Waals surface area contributed by atoms with Gasteiger partial charge in [-0.25, -0.2) is 8.78 Å². The molecule has 0 spiro atoms. The summed E-state index contributed by atoms with van der Waals surface area (Å²) in [6, 6.07) is 7.23. The summed E-state index contributed by atoms with van der Waals surface area (Å²) in [5, 5.41) is 0. The molecule has 0 aliphatic carbocycles. The Bertz CT molecular complexity index is 637. The van der Waals surface area contributed by atoms with Crippen molar-refractivity contribution in [1.29, 1.82) is 0 Å². The van der Waals surface area contributed by atoms with Crippen LogP contribution in [0, 0.1) is 32.4 Å². The van der Waals surface area contributed by atoms with E-state index in [-0.39, 0.29) is 11.1 Å².